The summed E-state index contributed by atoms with van der Waals surface area (Å²) in [6.07, 6.45) is 5.89. The first-order chi connectivity index (χ1) is 9.27. The Balaban J connectivity index is 1.80. The zero-order valence-electron chi connectivity index (χ0n) is 10.8. The Morgan fingerprint density at radius 1 is 1.58 bits per heavy atom. The lowest BCUT2D eigenvalue weighted by Gasteiger charge is -2.22. The van der Waals surface area contributed by atoms with Gasteiger partial charge in [-0.15, -0.1) is 0 Å². The van der Waals surface area contributed by atoms with Gasteiger partial charge < -0.3 is 9.88 Å². The maximum atomic E-state index is 9.21. The number of H-pyrrole nitrogens is 1. The summed E-state index contributed by atoms with van der Waals surface area (Å²) in [5.41, 5.74) is 1.91. The molecule has 1 aliphatic heterocycles. The number of aromatic amines is 1. The van der Waals surface area contributed by atoms with E-state index in [9.17, 15) is 5.26 Å². The van der Waals surface area contributed by atoms with E-state index in [2.05, 4.69) is 32.8 Å². The Morgan fingerprint density at radius 2 is 2.47 bits per heavy atom. The lowest BCUT2D eigenvalue weighted by Crippen LogP contribution is -2.25. The molecule has 2 aromatic heterocycles. The number of rotatable bonds is 2. The summed E-state index contributed by atoms with van der Waals surface area (Å²) < 4.78 is 0. The van der Waals surface area contributed by atoms with Crippen molar-refractivity contribution in [3.8, 4) is 6.07 Å². The second-order valence-electron chi connectivity index (χ2n) is 5.73. The summed E-state index contributed by atoms with van der Waals surface area (Å²) in [7, 11) is 0. The largest absolute Gasteiger partial charge is 0.355 e. The molecule has 4 rings (SSSR count). The third-order valence-corrected chi connectivity index (χ3v) is 4.88. The van der Waals surface area contributed by atoms with Gasteiger partial charge in [0.2, 0.25) is 0 Å². The van der Waals surface area contributed by atoms with Crippen LogP contribution in [0.5, 0.6) is 0 Å². The molecule has 2 fully saturated rings. The van der Waals surface area contributed by atoms with Crippen LogP contribution >= 0.6 is 0 Å². The second kappa shape index (κ2) is 3.47. The summed E-state index contributed by atoms with van der Waals surface area (Å²) >= 11 is 0. The molecular formula is C14H15N5. The van der Waals surface area contributed by atoms with Gasteiger partial charge in [-0.3, -0.25) is 0 Å². The second-order valence-corrected chi connectivity index (χ2v) is 5.73. The maximum Gasteiger partial charge on any atom is 0.144 e. The van der Waals surface area contributed by atoms with E-state index in [-0.39, 0.29) is 0 Å². The van der Waals surface area contributed by atoms with Crippen LogP contribution in [0.25, 0.3) is 11.0 Å². The summed E-state index contributed by atoms with van der Waals surface area (Å²) in [5.74, 6) is 1.73. The van der Waals surface area contributed by atoms with Crippen LogP contribution in [-0.4, -0.2) is 28.0 Å². The fraction of sp³-hybridized carbons (Fsp3) is 0.500. The fourth-order valence-electron chi connectivity index (χ4n) is 3.57. The molecule has 2 unspecified atom stereocenters. The van der Waals surface area contributed by atoms with Crippen molar-refractivity contribution in [2.45, 2.75) is 19.8 Å². The van der Waals surface area contributed by atoms with Crippen LogP contribution < -0.4 is 4.90 Å². The van der Waals surface area contributed by atoms with Crippen LogP contribution in [0.3, 0.4) is 0 Å². The molecule has 1 saturated heterocycles. The molecule has 0 radical (unpaired) electrons. The summed E-state index contributed by atoms with van der Waals surface area (Å²) in [5, 5.41) is 10.1. The van der Waals surface area contributed by atoms with Gasteiger partial charge >= 0.3 is 0 Å². The van der Waals surface area contributed by atoms with Gasteiger partial charge in [-0.1, -0.05) is 6.92 Å². The third kappa shape index (κ3) is 1.34. The molecule has 0 amide bonds. The van der Waals surface area contributed by atoms with Crippen molar-refractivity contribution in [3.05, 3.63) is 18.1 Å². The van der Waals surface area contributed by atoms with Gasteiger partial charge in [-0.25, -0.2) is 9.97 Å². The molecule has 2 atom stereocenters. The zero-order valence-corrected chi connectivity index (χ0v) is 10.8. The topological polar surface area (TPSA) is 68.6 Å². The maximum absolute atomic E-state index is 9.21. The van der Waals surface area contributed by atoms with E-state index in [0.717, 1.165) is 35.9 Å². The summed E-state index contributed by atoms with van der Waals surface area (Å²) in [4.78, 5) is 14.0. The quantitative estimate of drug-likeness (QED) is 0.889. The van der Waals surface area contributed by atoms with E-state index >= 15 is 0 Å². The molecule has 3 heterocycles. The summed E-state index contributed by atoms with van der Waals surface area (Å²) in [6.45, 7) is 4.41. The lowest BCUT2D eigenvalue weighted by atomic mass is 10.0. The van der Waals surface area contributed by atoms with Gasteiger partial charge in [0.05, 0.1) is 10.9 Å². The number of nitrogens with zero attached hydrogens (tertiary/aromatic N) is 4. The van der Waals surface area contributed by atoms with Crippen LogP contribution in [0, 0.1) is 22.7 Å². The Bertz CT molecular complexity index is 693. The minimum Gasteiger partial charge on any atom is -0.355 e. The highest BCUT2D eigenvalue weighted by atomic mass is 15.2. The third-order valence-electron chi connectivity index (χ3n) is 4.88. The van der Waals surface area contributed by atoms with Gasteiger partial charge in [0.15, 0.2) is 0 Å². The Labute approximate surface area is 111 Å². The van der Waals surface area contributed by atoms with Crippen molar-refractivity contribution in [3.63, 3.8) is 0 Å². The molecule has 0 bridgehead atoms. The monoisotopic (exact) mass is 253 g/mol. The van der Waals surface area contributed by atoms with Crippen LogP contribution in [-0.2, 0) is 0 Å². The predicted octanol–water partition coefficient (Wildman–Crippen LogP) is 2.07. The van der Waals surface area contributed by atoms with E-state index in [1.807, 2.05) is 0 Å². The minimum absolute atomic E-state index is 0.514. The van der Waals surface area contributed by atoms with Gasteiger partial charge in [0.25, 0.3) is 0 Å². The molecule has 5 heteroatoms. The predicted molar refractivity (Wildman–Crippen MR) is 71.6 cm³/mol. The average Bonchev–Trinajstić information content (AvgIpc) is 2.84. The number of hydrogen-bond donors (Lipinski definition) is 1. The van der Waals surface area contributed by atoms with Gasteiger partial charge in [-0.2, -0.15) is 5.26 Å². The SMILES string of the molecule is CCC12CC1CN(c1ncnc3[nH]cc(C#N)c13)C2. The Morgan fingerprint density at radius 3 is 3.21 bits per heavy atom. The van der Waals surface area contributed by atoms with Crippen molar-refractivity contribution in [1.29, 1.82) is 5.26 Å². The molecule has 5 nitrogen and oxygen atoms in total. The van der Waals surface area contributed by atoms with Crippen LogP contribution in [0.15, 0.2) is 12.5 Å². The highest BCUT2D eigenvalue weighted by Crippen LogP contribution is 2.60. The smallest absolute Gasteiger partial charge is 0.144 e. The van der Waals surface area contributed by atoms with Crippen molar-refractivity contribution < 1.29 is 0 Å². The zero-order chi connectivity index (χ0) is 13.0. The molecule has 0 spiro atoms. The molecule has 19 heavy (non-hydrogen) atoms. The number of aromatic nitrogens is 3. The van der Waals surface area contributed by atoms with E-state index in [0.29, 0.717) is 11.0 Å². The molecule has 0 aromatic carbocycles. The van der Waals surface area contributed by atoms with Crippen molar-refractivity contribution in [1.82, 2.24) is 15.0 Å². The normalized spacial score (nSPS) is 28.4. The van der Waals surface area contributed by atoms with Crippen molar-refractivity contribution in [2.24, 2.45) is 11.3 Å². The van der Waals surface area contributed by atoms with E-state index in [1.165, 1.54) is 12.8 Å². The number of nitriles is 1. The molecule has 1 N–H and O–H groups in total. The average molecular weight is 253 g/mol. The Hall–Kier alpha value is -2.09. The molecule has 2 aliphatic rings. The first-order valence-electron chi connectivity index (χ1n) is 6.74. The molecule has 1 aliphatic carbocycles. The van der Waals surface area contributed by atoms with Gasteiger partial charge in [0, 0.05) is 19.3 Å². The van der Waals surface area contributed by atoms with Gasteiger partial charge in [0.1, 0.15) is 23.9 Å². The number of anilines is 1. The fourth-order valence-corrected chi connectivity index (χ4v) is 3.57. The number of piperidine rings is 1. The molecular weight excluding hydrogens is 238 g/mol. The van der Waals surface area contributed by atoms with Crippen molar-refractivity contribution >= 4 is 16.9 Å². The first-order valence-corrected chi connectivity index (χ1v) is 6.74. The van der Waals surface area contributed by atoms with Crippen LogP contribution in [0.4, 0.5) is 5.82 Å². The Kier molecular flexibility index (Phi) is 1.97. The number of nitrogens with one attached hydrogen (secondary N) is 1. The molecule has 96 valence electrons. The summed E-state index contributed by atoms with van der Waals surface area (Å²) in [6, 6.07) is 2.22. The van der Waals surface area contributed by atoms with Gasteiger partial charge in [-0.05, 0) is 24.2 Å². The first kappa shape index (κ1) is 10.8. The highest BCUT2D eigenvalue weighted by molar-refractivity contribution is 5.93. The van der Waals surface area contributed by atoms with Crippen molar-refractivity contribution in [2.75, 3.05) is 18.0 Å². The highest BCUT2D eigenvalue weighted by Gasteiger charge is 2.58. The molecule has 1 saturated carbocycles. The van der Waals surface area contributed by atoms with E-state index in [4.69, 9.17) is 0 Å². The van der Waals surface area contributed by atoms with E-state index in [1.54, 1.807) is 12.5 Å². The number of fused-ring (bicyclic) bond motifs is 2. The molecule has 2 aromatic rings. The van der Waals surface area contributed by atoms with Crippen LogP contribution in [0.2, 0.25) is 0 Å². The standard InChI is InChI=1S/C14H15N5/c1-2-14-3-10(14)6-19(7-14)13-11-9(4-15)5-16-12(11)17-8-18-13/h5,8,10H,2-3,6-7H2,1H3,(H,16,17,18). The number of hydrogen-bond acceptors (Lipinski definition) is 4. The van der Waals surface area contributed by atoms with Crippen LogP contribution in [0.1, 0.15) is 25.3 Å². The minimum atomic E-state index is 0.514. The lowest BCUT2D eigenvalue weighted by molar-refractivity contribution is 0.509. The van der Waals surface area contributed by atoms with E-state index < -0.39 is 0 Å².